The number of aromatic nitrogens is 1. The van der Waals surface area contributed by atoms with Crippen LogP contribution in [0.3, 0.4) is 0 Å². The van der Waals surface area contributed by atoms with Gasteiger partial charge in [-0.15, -0.1) is 11.3 Å². The molecule has 0 spiro atoms. The highest BCUT2D eigenvalue weighted by atomic mass is 32.1. The topological polar surface area (TPSA) is 42.4 Å². The Labute approximate surface area is 153 Å². The molecule has 0 aliphatic heterocycles. The van der Waals surface area contributed by atoms with E-state index >= 15 is 0 Å². The van der Waals surface area contributed by atoms with Crippen molar-refractivity contribution in [2.75, 3.05) is 14.2 Å². The van der Waals surface area contributed by atoms with Crippen molar-refractivity contribution in [1.82, 2.24) is 9.88 Å². The molecule has 130 valence electrons. The number of carbonyl (C=O) groups excluding carboxylic acids is 1. The van der Waals surface area contributed by atoms with Gasteiger partial charge in [0.05, 0.1) is 19.2 Å². The van der Waals surface area contributed by atoms with Crippen molar-refractivity contribution in [3.8, 4) is 16.3 Å². The summed E-state index contributed by atoms with van der Waals surface area (Å²) in [4.78, 5) is 18.5. The van der Waals surface area contributed by atoms with Crippen LogP contribution >= 0.6 is 22.7 Å². The van der Waals surface area contributed by atoms with E-state index in [0.717, 1.165) is 16.3 Å². The summed E-state index contributed by atoms with van der Waals surface area (Å²) in [7, 11) is 3.13. The van der Waals surface area contributed by atoms with Crippen LogP contribution in [0.15, 0.2) is 40.4 Å². The van der Waals surface area contributed by atoms with Crippen molar-refractivity contribution < 1.29 is 13.9 Å². The molecule has 2 aromatic heterocycles. The summed E-state index contributed by atoms with van der Waals surface area (Å²) in [5.41, 5.74) is 2.55. The highest BCUT2D eigenvalue weighted by Crippen LogP contribution is 2.26. The largest absolute Gasteiger partial charge is 0.494 e. The average molecular weight is 376 g/mol. The third-order valence-corrected chi connectivity index (χ3v) is 5.34. The molecule has 0 fully saturated rings. The fourth-order valence-corrected chi connectivity index (χ4v) is 3.90. The minimum absolute atomic E-state index is 0.0570. The van der Waals surface area contributed by atoms with Gasteiger partial charge in [0.2, 0.25) is 5.91 Å². The van der Waals surface area contributed by atoms with Gasteiger partial charge in [0.15, 0.2) is 11.6 Å². The van der Waals surface area contributed by atoms with Gasteiger partial charge in [-0.1, -0.05) is 6.07 Å². The van der Waals surface area contributed by atoms with Crippen LogP contribution in [-0.2, 0) is 17.8 Å². The Morgan fingerprint density at radius 2 is 2.16 bits per heavy atom. The molecule has 0 saturated carbocycles. The number of hydrogen-bond acceptors (Lipinski definition) is 5. The molecule has 0 radical (unpaired) electrons. The first-order valence-corrected chi connectivity index (χ1v) is 9.42. The van der Waals surface area contributed by atoms with Crippen LogP contribution in [0.2, 0.25) is 0 Å². The zero-order chi connectivity index (χ0) is 17.8. The summed E-state index contributed by atoms with van der Waals surface area (Å²) in [5, 5.41) is 6.87. The van der Waals surface area contributed by atoms with Crippen LogP contribution in [0.4, 0.5) is 4.39 Å². The molecule has 7 heteroatoms. The number of rotatable bonds is 6. The fraction of sp³-hybridized carbons (Fsp3) is 0.222. The van der Waals surface area contributed by atoms with E-state index in [4.69, 9.17) is 4.74 Å². The second-order valence-corrected chi connectivity index (χ2v) is 7.19. The minimum atomic E-state index is -0.430. The number of methoxy groups -OCH3 is 1. The van der Waals surface area contributed by atoms with Gasteiger partial charge in [0, 0.05) is 29.9 Å². The molecule has 0 bridgehead atoms. The number of nitrogens with zero attached hydrogens (tertiary/aromatic N) is 2. The highest BCUT2D eigenvalue weighted by molar-refractivity contribution is 7.14. The summed E-state index contributed by atoms with van der Waals surface area (Å²) in [6.45, 7) is 0.335. The molecule has 1 aromatic carbocycles. The van der Waals surface area contributed by atoms with E-state index < -0.39 is 5.82 Å². The van der Waals surface area contributed by atoms with Crippen molar-refractivity contribution in [3.05, 3.63) is 57.5 Å². The van der Waals surface area contributed by atoms with Crippen molar-refractivity contribution in [2.24, 2.45) is 0 Å². The molecule has 25 heavy (non-hydrogen) atoms. The Hall–Kier alpha value is -2.25. The highest BCUT2D eigenvalue weighted by Gasteiger charge is 2.14. The number of halogens is 1. The molecule has 0 N–H and O–H groups in total. The SMILES string of the molecule is COc1ccc(CN(C)C(=O)Cc2csc(-c3ccsc3)n2)cc1F. The van der Waals surface area contributed by atoms with Gasteiger partial charge in [0.25, 0.3) is 0 Å². The van der Waals surface area contributed by atoms with Gasteiger partial charge in [-0.05, 0) is 29.1 Å². The summed E-state index contributed by atoms with van der Waals surface area (Å²) >= 11 is 3.15. The van der Waals surface area contributed by atoms with Crippen LogP contribution < -0.4 is 4.74 Å². The van der Waals surface area contributed by atoms with Crippen molar-refractivity contribution in [1.29, 1.82) is 0 Å². The first kappa shape index (κ1) is 17.6. The molecule has 0 atom stereocenters. The van der Waals surface area contributed by atoms with Gasteiger partial charge in [-0.2, -0.15) is 11.3 Å². The second kappa shape index (κ2) is 7.76. The number of benzene rings is 1. The number of hydrogen-bond donors (Lipinski definition) is 0. The maximum absolute atomic E-state index is 13.7. The Bertz CT molecular complexity index is 862. The van der Waals surface area contributed by atoms with Crippen molar-refractivity contribution >= 4 is 28.6 Å². The number of carbonyl (C=O) groups is 1. The molecule has 1 amide bonds. The monoisotopic (exact) mass is 376 g/mol. The van der Waals surface area contributed by atoms with Crippen molar-refractivity contribution in [3.63, 3.8) is 0 Å². The maximum Gasteiger partial charge on any atom is 0.228 e. The van der Waals surface area contributed by atoms with Gasteiger partial charge in [-0.25, -0.2) is 9.37 Å². The lowest BCUT2D eigenvalue weighted by Gasteiger charge is -2.17. The van der Waals surface area contributed by atoms with Gasteiger partial charge < -0.3 is 9.64 Å². The summed E-state index contributed by atoms with van der Waals surface area (Å²) < 4.78 is 18.7. The predicted octanol–water partition coefficient (Wildman–Crippen LogP) is 4.22. The lowest BCUT2D eigenvalue weighted by atomic mass is 10.2. The second-order valence-electron chi connectivity index (χ2n) is 5.55. The third kappa shape index (κ3) is 4.24. The lowest BCUT2D eigenvalue weighted by Crippen LogP contribution is -2.27. The third-order valence-electron chi connectivity index (χ3n) is 3.71. The van der Waals surface area contributed by atoms with Gasteiger partial charge in [0.1, 0.15) is 5.01 Å². The van der Waals surface area contributed by atoms with E-state index in [1.807, 2.05) is 22.2 Å². The number of thiazole rings is 1. The first-order chi connectivity index (χ1) is 12.1. The lowest BCUT2D eigenvalue weighted by molar-refractivity contribution is -0.129. The zero-order valence-corrected chi connectivity index (χ0v) is 15.5. The average Bonchev–Trinajstić information content (AvgIpc) is 3.26. The Morgan fingerprint density at radius 1 is 1.32 bits per heavy atom. The summed E-state index contributed by atoms with van der Waals surface area (Å²) in [5.74, 6) is -0.291. The van der Waals surface area contributed by atoms with E-state index in [1.54, 1.807) is 35.4 Å². The Morgan fingerprint density at radius 3 is 2.84 bits per heavy atom. The number of ether oxygens (including phenoxy) is 1. The molecular formula is C18H17FN2O2S2. The molecule has 2 heterocycles. The maximum atomic E-state index is 13.7. The molecular weight excluding hydrogens is 359 g/mol. The van der Waals surface area contributed by atoms with E-state index in [9.17, 15) is 9.18 Å². The molecule has 3 aromatic rings. The van der Waals surface area contributed by atoms with Crippen LogP contribution in [-0.4, -0.2) is 29.9 Å². The molecule has 4 nitrogen and oxygen atoms in total. The van der Waals surface area contributed by atoms with Gasteiger partial charge in [-0.3, -0.25) is 4.79 Å². The minimum Gasteiger partial charge on any atom is -0.494 e. The van der Waals surface area contributed by atoms with E-state index in [1.165, 1.54) is 24.5 Å². The fourth-order valence-electron chi connectivity index (χ4n) is 2.37. The zero-order valence-electron chi connectivity index (χ0n) is 13.9. The smallest absolute Gasteiger partial charge is 0.228 e. The Kier molecular flexibility index (Phi) is 5.45. The quantitative estimate of drug-likeness (QED) is 0.647. The number of likely N-dealkylation sites (N-methyl/N-ethyl adjacent to an activating group) is 1. The number of amides is 1. The molecule has 0 aliphatic rings. The molecule has 3 rings (SSSR count). The van der Waals surface area contributed by atoms with Crippen LogP contribution in [0.5, 0.6) is 5.75 Å². The van der Waals surface area contributed by atoms with E-state index in [2.05, 4.69) is 4.98 Å². The normalized spacial score (nSPS) is 10.7. The van der Waals surface area contributed by atoms with Crippen LogP contribution in [0.25, 0.3) is 10.6 Å². The number of thiophene rings is 1. The molecule has 0 unspecified atom stereocenters. The predicted molar refractivity (Wildman–Crippen MR) is 98.6 cm³/mol. The molecule has 0 aliphatic carbocycles. The van der Waals surface area contributed by atoms with E-state index in [-0.39, 0.29) is 18.1 Å². The van der Waals surface area contributed by atoms with Crippen molar-refractivity contribution in [2.45, 2.75) is 13.0 Å². The standard InChI is InChI=1S/C18H17FN2O2S2/c1-21(9-12-3-4-16(23-2)15(19)7-12)17(22)8-14-11-25-18(20-14)13-5-6-24-10-13/h3-7,10-11H,8-9H2,1-2H3. The van der Waals surface area contributed by atoms with Crippen LogP contribution in [0, 0.1) is 5.82 Å². The first-order valence-electron chi connectivity index (χ1n) is 7.60. The molecule has 0 saturated heterocycles. The van der Waals surface area contributed by atoms with E-state index in [0.29, 0.717) is 12.1 Å². The van der Waals surface area contributed by atoms with Gasteiger partial charge >= 0.3 is 0 Å². The summed E-state index contributed by atoms with van der Waals surface area (Å²) in [6, 6.07) is 6.72. The Balaban J connectivity index is 1.62. The summed E-state index contributed by atoms with van der Waals surface area (Å²) in [6.07, 6.45) is 0.232. The van der Waals surface area contributed by atoms with Crippen LogP contribution in [0.1, 0.15) is 11.3 Å².